The summed E-state index contributed by atoms with van der Waals surface area (Å²) in [5, 5.41) is 27.9. The van der Waals surface area contributed by atoms with Crippen molar-refractivity contribution in [2.45, 2.75) is 37.1 Å². The van der Waals surface area contributed by atoms with Gasteiger partial charge in [0.25, 0.3) is 0 Å². The van der Waals surface area contributed by atoms with Crippen LogP contribution in [0, 0.1) is 0 Å². The highest BCUT2D eigenvalue weighted by molar-refractivity contribution is 4.86. The van der Waals surface area contributed by atoms with Gasteiger partial charge in [0.05, 0.1) is 6.61 Å². The van der Waals surface area contributed by atoms with Crippen molar-refractivity contribution in [2.24, 2.45) is 0 Å². The maximum Gasteiger partial charge on any atom is 0.137 e. The molecule has 2 rings (SSSR count). The van der Waals surface area contributed by atoms with Crippen LogP contribution in [-0.2, 0) is 0 Å². The van der Waals surface area contributed by atoms with Gasteiger partial charge in [-0.05, 0) is 0 Å². The van der Waals surface area contributed by atoms with Crippen LogP contribution < -0.4 is 17.3 Å². The van der Waals surface area contributed by atoms with Gasteiger partial charge in [0.15, 0.2) is 0 Å². The molecule has 0 aromatic carbocycles. The average Bonchev–Trinajstić information content (AvgIpc) is 2.55. The Hall–Kier alpha value is 0.130. The zero-order chi connectivity index (χ0) is 8.72. The van der Waals surface area contributed by atoms with E-state index in [1.54, 1.807) is 0 Å². The summed E-state index contributed by atoms with van der Waals surface area (Å²) >= 11 is 0. The Morgan fingerprint density at radius 2 is 1.92 bits per heavy atom. The molecule has 5 atom stereocenters. The highest BCUT2D eigenvalue weighted by Gasteiger charge is 2.50. The molecule has 1 unspecified atom stereocenters. The molecule has 2 aliphatic rings. The second kappa shape index (κ2) is 4.11. The van der Waals surface area contributed by atoms with E-state index in [9.17, 15) is 10.2 Å². The molecule has 0 spiro atoms. The van der Waals surface area contributed by atoms with Crippen LogP contribution in [0.5, 0.6) is 0 Å². The highest BCUT2D eigenvalue weighted by atomic mass is 35.5. The smallest absolute Gasteiger partial charge is 0.137 e. The van der Waals surface area contributed by atoms with Gasteiger partial charge >= 0.3 is 0 Å². The predicted octanol–water partition coefficient (Wildman–Crippen LogP) is -5.87. The Morgan fingerprint density at radius 1 is 1.23 bits per heavy atom. The van der Waals surface area contributed by atoms with E-state index in [0.29, 0.717) is 6.54 Å². The second-order valence-corrected chi connectivity index (χ2v) is 3.90. The van der Waals surface area contributed by atoms with Crippen LogP contribution in [0.4, 0.5) is 0 Å². The summed E-state index contributed by atoms with van der Waals surface area (Å²) in [7, 11) is 0. The van der Waals surface area contributed by atoms with Crippen molar-refractivity contribution in [2.75, 3.05) is 13.2 Å². The molecule has 2 fully saturated rings. The van der Waals surface area contributed by atoms with Gasteiger partial charge in [-0.15, -0.1) is 0 Å². The van der Waals surface area contributed by atoms with Gasteiger partial charge in [0, 0.05) is 12.8 Å². The fraction of sp³-hybridized carbons (Fsp3) is 1.00. The monoisotopic (exact) mass is 209 g/mol. The first-order chi connectivity index (χ1) is 5.74. The molecule has 2 heterocycles. The van der Waals surface area contributed by atoms with E-state index in [0.717, 1.165) is 12.8 Å². The van der Waals surface area contributed by atoms with E-state index >= 15 is 0 Å². The van der Waals surface area contributed by atoms with Gasteiger partial charge in [0.2, 0.25) is 0 Å². The first-order valence-corrected chi connectivity index (χ1v) is 4.56. The maximum absolute atomic E-state index is 9.53. The Balaban J connectivity index is 0.000000845. The molecule has 2 aliphatic heterocycles. The molecule has 0 aliphatic carbocycles. The highest BCUT2D eigenvalue weighted by Crippen LogP contribution is 2.16. The molecule has 0 aromatic heterocycles. The van der Waals surface area contributed by atoms with Gasteiger partial charge < -0.3 is 32.6 Å². The van der Waals surface area contributed by atoms with Crippen molar-refractivity contribution in [3.05, 3.63) is 0 Å². The van der Waals surface area contributed by atoms with E-state index < -0.39 is 12.2 Å². The number of aliphatic hydroxyl groups is 3. The molecule has 0 amide bonds. The van der Waals surface area contributed by atoms with E-state index in [1.165, 1.54) is 4.90 Å². The minimum Gasteiger partial charge on any atom is -1.00 e. The summed E-state index contributed by atoms with van der Waals surface area (Å²) in [6.45, 7) is 0.766. The van der Waals surface area contributed by atoms with Crippen LogP contribution in [0.1, 0.15) is 12.8 Å². The Bertz CT molecular complexity index is 181. The third kappa shape index (κ3) is 1.69. The number of nitrogens with one attached hydrogen (secondary N) is 1. The topological polar surface area (TPSA) is 65.1 Å². The fourth-order valence-electron chi connectivity index (χ4n) is 2.60. The van der Waals surface area contributed by atoms with Crippen LogP contribution in [-0.4, -0.2) is 52.8 Å². The molecular formula is C8H16ClNO3. The van der Waals surface area contributed by atoms with Crippen molar-refractivity contribution in [3.8, 4) is 0 Å². The van der Waals surface area contributed by atoms with Crippen LogP contribution in [0.15, 0.2) is 0 Å². The zero-order valence-electron chi connectivity index (χ0n) is 7.36. The minimum absolute atomic E-state index is 0. The third-order valence-corrected chi connectivity index (χ3v) is 3.30. The lowest BCUT2D eigenvalue weighted by Gasteiger charge is -2.18. The van der Waals surface area contributed by atoms with Gasteiger partial charge in [-0.25, -0.2) is 0 Å². The average molecular weight is 210 g/mol. The van der Waals surface area contributed by atoms with Crippen molar-refractivity contribution in [1.82, 2.24) is 0 Å². The lowest BCUT2D eigenvalue weighted by Crippen LogP contribution is -3.16. The number of fused-ring (bicyclic) bond motifs is 1. The molecule has 78 valence electrons. The number of quaternary nitrogens is 1. The molecule has 4 N–H and O–H groups in total. The minimum atomic E-state index is -0.584. The summed E-state index contributed by atoms with van der Waals surface area (Å²) in [5.41, 5.74) is 0. The first kappa shape index (κ1) is 11.2. The summed E-state index contributed by atoms with van der Waals surface area (Å²) < 4.78 is 0. The van der Waals surface area contributed by atoms with E-state index in [1.807, 2.05) is 0 Å². The lowest BCUT2D eigenvalue weighted by atomic mass is 10.1. The van der Waals surface area contributed by atoms with Crippen molar-refractivity contribution < 1.29 is 32.6 Å². The molecule has 0 aromatic rings. The van der Waals surface area contributed by atoms with Crippen molar-refractivity contribution >= 4 is 0 Å². The number of hydrogen-bond donors (Lipinski definition) is 4. The molecule has 0 bridgehead atoms. The predicted molar refractivity (Wildman–Crippen MR) is 41.7 cm³/mol. The van der Waals surface area contributed by atoms with Crippen LogP contribution in [0.25, 0.3) is 0 Å². The summed E-state index contributed by atoms with van der Waals surface area (Å²) in [6, 6.07) is 0.402. The Kier molecular flexibility index (Phi) is 3.54. The van der Waals surface area contributed by atoms with Gasteiger partial charge in [-0.2, -0.15) is 0 Å². The van der Waals surface area contributed by atoms with E-state index in [-0.39, 0.29) is 31.1 Å². The van der Waals surface area contributed by atoms with Gasteiger partial charge in [-0.1, -0.05) is 0 Å². The lowest BCUT2D eigenvalue weighted by molar-refractivity contribution is -0.926. The third-order valence-electron chi connectivity index (χ3n) is 3.30. The number of rotatable bonds is 1. The fourth-order valence-corrected chi connectivity index (χ4v) is 2.60. The van der Waals surface area contributed by atoms with E-state index in [4.69, 9.17) is 5.11 Å². The SMILES string of the molecule is OC[C@H]1CC[C@H]2[C@@H](O)[C@@H](O)C[NH+]12.[Cl-]. The van der Waals surface area contributed by atoms with Crippen LogP contribution >= 0.6 is 0 Å². The largest absolute Gasteiger partial charge is 1.00 e. The second-order valence-electron chi connectivity index (χ2n) is 3.90. The molecule has 4 nitrogen and oxygen atoms in total. The summed E-state index contributed by atoms with van der Waals surface area (Å²) in [4.78, 5) is 1.19. The molecule has 0 saturated carbocycles. The van der Waals surface area contributed by atoms with Crippen LogP contribution in [0.3, 0.4) is 0 Å². The van der Waals surface area contributed by atoms with Crippen LogP contribution in [0.2, 0.25) is 0 Å². The quantitative estimate of drug-likeness (QED) is 0.348. The maximum atomic E-state index is 9.53. The zero-order valence-corrected chi connectivity index (χ0v) is 8.11. The van der Waals surface area contributed by atoms with E-state index in [2.05, 4.69) is 0 Å². The summed E-state index contributed by atoms with van der Waals surface area (Å²) in [6.07, 6.45) is 0.745. The van der Waals surface area contributed by atoms with Gasteiger partial charge in [0.1, 0.15) is 30.8 Å². The molecule has 5 heteroatoms. The molecule has 2 saturated heterocycles. The van der Waals surface area contributed by atoms with Gasteiger partial charge in [-0.3, -0.25) is 0 Å². The number of aliphatic hydroxyl groups excluding tert-OH is 3. The van der Waals surface area contributed by atoms with Crippen molar-refractivity contribution in [1.29, 1.82) is 0 Å². The Labute approximate surface area is 83.6 Å². The normalized spacial score (nSPS) is 48.7. The first-order valence-electron chi connectivity index (χ1n) is 4.56. The molecular weight excluding hydrogens is 194 g/mol. The molecule has 13 heavy (non-hydrogen) atoms. The standard InChI is InChI=1S/C8H15NO3.ClH/c10-4-5-1-2-6-8(12)7(11)3-9(5)6;/h5-8,10-12H,1-4H2;1H/t5-,6+,7+,8-;/m1./s1. The summed E-state index contributed by atoms with van der Waals surface area (Å²) in [5.74, 6) is 0. The molecule has 0 radical (unpaired) electrons. The number of hydrogen-bond acceptors (Lipinski definition) is 3. The number of halogens is 1. The van der Waals surface area contributed by atoms with Crippen molar-refractivity contribution in [3.63, 3.8) is 0 Å². The Morgan fingerprint density at radius 3 is 2.54 bits per heavy atom.